The fraction of sp³-hybridized carbons (Fsp3) is 0.394. The molecule has 0 radical (unpaired) electrons. The van der Waals surface area contributed by atoms with Gasteiger partial charge in [0.1, 0.15) is 17.9 Å². The van der Waals surface area contributed by atoms with Gasteiger partial charge in [-0.25, -0.2) is 4.79 Å². The number of carbonyl (C=O) groups is 1. The first-order chi connectivity index (χ1) is 18.8. The number of hydrogen-bond acceptors (Lipinski definition) is 5. The predicted octanol–water partition coefficient (Wildman–Crippen LogP) is 5.84. The summed E-state index contributed by atoms with van der Waals surface area (Å²) in [6.45, 7) is 5.27. The Morgan fingerprint density at radius 1 is 1.05 bits per heavy atom. The van der Waals surface area contributed by atoms with Gasteiger partial charge in [-0.3, -0.25) is 4.79 Å². The van der Waals surface area contributed by atoms with E-state index in [4.69, 9.17) is 9.15 Å². The van der Waals surface area contributed by atoms with Crippen LogP contribution in [0.4, 0.5) is 0 Å². The van der Waals surface area contributed by atoms with E-state index in [1.165, 1.54) is 5.39 Å². The van der Waals surface area contributed by atoms with Crippen LogP contribution in [0.25, 0.3) is 21.7 Å². The highest BCUT2D eigenvalue weighted by Crippen LogP contribution is 2.40. The largest absolute Gasteiger partial charge is 0.488 e. The quantitative estimate of drug-likeness (QED) is 0.331. The number of aliphatic hydroxyl groups is 1. The summed E-state index contributed by atoms with van der Waals surface area (Å²) < 4.78 is 11.9. The van der Waals surface area contributed by atoms with E-state index in [0.29, 0.717) is 43.0 Å². The Bertz CT molecular complexity index is 1620. The van der Waals surface area contributed by atoms with Crippen LogP contribution in [0.2, 0.25) is 0 Å². The van der Waals surface area contributed by atoms with Gasteiger partial charge in [-0.2, -0.15) is 0 Å². The molecular weight excluding hydrogens is 490 g/mol. The number of likely N-dealkylation sites (tertiary alicyclic amines) is 1. The van der Waals surface area contributed by atoms with Crippen LogP contribution in [-0.2, 0) is 17.8 Å². The van der Waals surface area contributed by atoms with Gasteiger partial charge in [0.05, 0.1) is 17.6 Å². The molecule has 1 aromatic heterocycles. The molecule has 1 saturated heterocycles. The minimum Gasteiger partial charge on any atom is -0.488 e. The third-order valence-corrected chi connectivity index (χ3v) is 8.97. The summed E-state index contributed by atoms with van der Waals surface area (Å²) in [6, 6.07) is 18.3. The van der Waals surface area contributed by atoms with Crippen LogP contribution in [0.5, 0.6) is 5.75 Å². The van der Waals surface area contributed by atoms with Crippen molar-refractivity contribution in [2.24, 2.45) is 5.92 Å². The highest BCUT2D eigenvalue weighted by molar-refractivity contribution is 5.87. The number of benzene rings is 3. The van der Waals surface area contributed by atoms with Crippen LogP contribution in [0.15, 0.2) is 63.8 Å². The van der Waals surface area contributed by atoms with Crippen molar-refractivity contribution in [3.8, 4) is 5.75 Å². The van der Waals surface area contributed by atoms with Gasteiger partial charge in [-0.15, -0.1) is 0 Å². The van der Waals surface area contributed by atoms with Crippen molar-refractivity contribution >= 4 is 27.6 Å². The van der Waals surface area contributed by atoms with Crippen LogP contribution in [0.3, 0.4) is 0 Å². The van der Waals surface area contributed by atoms with Crippen molar-refractivity contribution in [1.82, 2.24) is 4.90 Å². The summed E-state index contributed by atoms with van der Waals surface area (Å²) >= 11 is 0. The number of ether oxygens (including phenoxy) is 1. The van der Waals surface area contributed by atoms with E-state index in [2.05, 4.69) is 30.3 Å². The van der Waals surface area contributed by atoms with Gasteiger partial charge in [0.2, 0.25) is 5.91 Å². The second kappa shape index (κ2) is 10.2. The number of nitrogens with zero attached hydrogens (tertiary/aromatic N) is 1. The van der Waals surface area contributed by atoms with Gasteiger partial charge < -0.3 is 19.2 Å². The molecule has 1 amide bonds. The first kappa shape index (κ1) is 25.6. The second-order valence-corrected chi connectivity index (χ2v) is 11.3. The van der Waals surface area contributed by atoms with Gasteiger partial charge in [-0.1, -0.05) is 49.2 Å². The molecule has 4 aromatic rings. The predicted molar refractivity (Wildman–Crippen MR) is 152 cm³/mol. The fourth-order valence-electron chi connectivity index (χ4n) is 6.48. The van der Waals surface area contributed by atoms with Crippen LogP contribution in [-0.4, -0.2) is 34.6 Å². The molecule has 1 N–H and O–H groups in total. The van der Waals surface area contributed by atoms with Gasteiger partial charge >= 0.3 is 5.63 Å². The van der Waals surface area contributed by atoms with Crippen molar-refractivity contribution in [3.63, 3.8) is 0 Å². The number of piperidine rings is 1. The number of rotatable bonds is 5. The third-order valence-electron chi connectivity index (χ3n) is 8.97. The smallest absolute Gasteiger partial charge is 0.340 e. The van der Waals surface area contributed by atoms with Crippen LogP contribution in [0, 0.1) is 19.8 Å². The molecule has 1 aliphatic carbocycles. The Kier molecular flexibility index (Phi) is 6.67. The lowest BCUT2D eigenvalue weighted by molar-refractivity contribution is -0.142. The van der Waals surface area contributed by atoms with Crippen LogP contribution in [0.1, 0.15) is 54.4 Å². The summed E-state index contributed by atoms with van der Waals surface area (Å²) in [4.78, 5) is 28.2. The van der Waals surface area contributed by atoms with Gasteiger partial charge in [0.25, 0.3) is 0 Å². The minimum atomic E-state index is -0.640. The average molecular weight is 526 g/mol. The lowest BCUT2D eigenvalue weighted by atomic mass is 9.71. The molecule has 2 atom stereocenters. The number of fused-ring (bicyclic) bond motifs is 3. The highest BCUT2D eigenvalue weighted by Gasteiger charge is 2.43. The van der Waals surface area contributed by atoms with E-state index < -0.39 is 11.2 Å². The molecule has 3 aromatic carbocycles. The summed E-state index contributed by atoms with van der Waals surface area (Å²) in [5, 5.41) is 14.1. The summed E-state index contributed by atoms with van der Waals surface area (Å²) in [5.41, 5.74) is 2.37. The maximum absolute atomic E-state index is 13.3. The lowest BCUT2D eigenvalue weighted by Gasteiger charge is -2.47. The van der Waals surface area contributed by atoms with E-state index in [1.54, 1.807) is 0 Å². The molecule has 2 fully saturated rings. The van der Waals surface area contributed by atoms with E-state index in [0.717, 1.165) is 53.1 Å². The first-order valence-corrected chi connectivity index (χ1v) is 14.0. The van der Waals surface area contributed by atoms with E-state index in [-0.39, 0.29) is 18.2 Å². The minimum absolute atomic E-state index is 0.00845. The summed E-state index contributed by atoms with van der Waals surface area (Å²) in [7, 11) is 0. The fourth-order valence-corrected chi connectivity index (χ4v) is 6.48. The standard InChI is InChI=1S/C33H35NO5/c1-21-27-12-13-29(38-20-23-10-11-24-7-3-4-8-25(24)17-23)22(2)31(27)39-32(36)28(21)18-30(35)34-16-15-33(37)14-6-5-9-26(33)19-34/h3-4,7-8,10-13,17,26,37H,5-6,9,14-16,18-20H2,1-2H3/t26-,33+/m0/s1. The van der Waals surface area contributed by atoms with E-state index in [1.807, 2.05) is 43.0 Å². The highest BCUT2D eigenvalue weighted by atomic mass is 16.5. The number of carbonyl (C=O) groups excluding carboxylic acids is 1. The Morgan fingerprint density at radius 3 is 2.72 bits per heavy atom. The van der Waals surface area contributed by atoms with Crippen molar-refractivity contribution in [1.29, 1.82) is 0 Å². The number of amides is 1. The lowest BCUT2D eigenvalue weighted by Crippen LogP contribution is -2.55. The number of hydrogen-bond donors (Lipinski definition) is 1. The normalized spacial score (nSPS) is 21.2. The van der Waals surface area contributed by atoms with E-state index in [9.17, 15) is 14.7 Å². The molecule has 0 bridgehead atoms. The molecule has 1 aliphatic heterocycles. The zero-order valence-corrected chi connectivity index (χ0v) is 22.7. The zero-order chi connectivity index (χ0) is 27.1. The molecule has 0 unspecified atom stereocenters. The molecule has 2 aliphatic rings. The SMILES string of the molecule is Cc1c(CC(=O)N2CC[C@]3(O)CCCC[C@H]3C2)c(=O)oc2c(C)c(OCc3ccc4ccccc4c3)ccc12. The zero-order valence-electron chi connectivity index (χ0n) is 22.7. The van der Waals surface area contributed by atoms with Crippen molar-refractivity contribution < 1.29 is 19.1 Å². The maximum Gasteiger partial charge on any atom is 0.340 e. The van der Waals surface area contributed by atoms with Crippen molar-refractivity contribution in [3.05, 3.63) is 87.3 Å². The monoisotopic (exact) mass is 525 g/mol. The van der Waals surface area contributed by atoms with E-state index >= 15 is 0 Å². The second-order valence-electron chi connectivity index (χ2n) is 11.3. The van der Waals surface area contributed by atoms with Gasteiger partial charge in [0.15, 0.2) is 0 Å². The molecule has 0 spiro atoms. The molecule has 6 nitrogen and oxygen atoms in total. The summed E-state index contributed by atoms with van der Waals surface area (Å²) in [5.74, 6) is 0.702. The van der Waals surface area contributed by atoms with Crippen LogP contribution >= 0.6 is 0 Å². The van der Waals surface area contributed by atoms with Gasteiger partial charge in [-0.05, 0) is 73.2 Å². The molecule has 2 heterocycles. The Hall–Kier alpha value is -3.64. The molecule has 202 valence electrons. The van der Waals surface area contributed by atoms with Crippen molar-refractivity contribution in [2.45, 2.75) is 64.6 Å². The average Bonchev–Trinajstić information content (AvgIpc) is 2.94. The molecule has 6 heteroatoms. The van der Waals surface area contributed by atoms with Crippen LogP contribution < -0.4 is 10.4 Å². The van der Waals surface area contributed by atoms with Gasteiger partial charge in [0, 0.05) is 30.0 Å². The Balaban J connectivity index is 1.20. The number of aryl methyl sites for hydroxylation is 2. The third kappa shape index (κ3) is 4.82. The molecule has 39 heavy (non-hydrogen) atoms. The molecule has 6 rings (SSSR count). The molecular formula is C33H35NO5. The Labute approximate surface area is 228 Å². The first-order valence-electron chi connectivity index (χ1n) is 14.0. The maximum atomic E-state index is 13.3. The summed E-state index contributed by atoms with van der Waals surface area (Å²) in [6.07, 6.45) is 4.52. The Morgan fingerprint density at radius 2 is 1.87 bits per heavy atom. The molecule has 1 saturated carbocycles. The van der Waals surface area contributed by atoms with Crippen molar-refractivity contribution in [2.75, 3.05) is 13.1 Å². The topological polar surface area (TPSA) is 80.0 Å².